The van der Waals surface area contributed by atoms with Gasteiger partial charge < -0.3 is 14.2 Å². The number of amides is 1. The van der Waals surface area contributed by atoms with Gasteiger partial charge in [0.25, 0.3) is 0 Å². The maximum Gasteiger partial charge on any atom is 0.410 e. The molecule has 1 aliphatic heterocycles. The maximum absolute atomic E-state index is 14.2. The van der Waals surface area contributed by atoms with E-state index in [0.29, 0.717) is 24.4 Å². The van der Waals surface area contributed by atoms with E-state index in [-0.39, 0.29) is 11.9 Å². The molecular weight excluding hydrogens is 387 g/mol. The van der Waals surface area contributed by atoms with Crippen molar-refractivity contribution in [3.8, 4) is 0 Å². The van der Waals surface area contributed by atoms with Crippen LogP contribution < -0.4 is 0 Å². The van der Waals surface area contributed by atoms with Crippen LogP contribution in [-0.4, -0.2) is 34.3 Å². The minimum atomic E-state index is -0.477. The third kappa shape index (κ3) is 3.84. The van der Waals surface area contributed by atoms with E-state index in [1.54, 1.807) is 4.90 Å². The molecule has 4 nitrogen and oxygen atoms in total. The molecule has 0 saturated carbocycles. The predicted octanol–water partition coefficient (Wildman–Crippen LogP) is 5.19. The second kappa shape index (κ2) is 6.63. The van der Waals surface area contributed by atoms with E-state index in [2.05, 4.69) is 20.5 Å². The van der Waals surface area contributed by atoms with Crippen LogP contribution in [0.4, 0.5) is 9.18 Å². The summed E-state index contributed by atoms with van der Waals surface area (Å²) in [6.07, 6.45) is 1.45. The van der Waals surface area contributed by atoms with E-state index in [1.807, 2.05) is 40.0 Å². The Labute approximate surface area is 156 Å². The molecule has 1 aromatic carbocycles. The van der Waals surface area contributed by atoms with Crippen molar-refractivity contribution >= 4 is 32.9 Å². The van der Waals surface area contributed by atoms with E-state index in [9.17, 15) is 9.18 Å². The number of rotatable bonds is 1. The number of ether oxygens (including phenoxy) is 1. The lowest BCUT2D eigenvalue weighted by Gasteiger charge is -2.33. The van der Waals surface area contributed by atoms with Gasteiger partial charge in [0, 0.05) is 41.6 Å². The monoisotopic (exact) mass is 410 g/mol. The average molecular weight is 411 g/mol. The Morgan fingerprint density at radius 2 is 1.88 bits per heavy atom. The van der Waals surface area contributed by atoms with Crippen LogP contribution in [0.25, 0.3) is 10.9 Å². The number of aromatic nitrogens is 1. The molecule has 25 heavy (non-hydrogen) atoms. The van der Waals surface area contributed by atoms with Crippen molar-refractivity contribution in [3.63, 3.8) is 0 Å². The average Bonchev–Trinajstić information content (AvgIpc) is 2.83. The second-order valence-electron chi connectivity index (χ2n) is 7.69. The minimum Gasteiger partial charge on any atom is -0.444 e. The number of nitrogens with zero attached hydrogens (tertiary/aromatic N) is 2. The molecule has 136 valence electrons. The summed E-state index contributed by atoms with van der Waals surface area (Å²) < 4.78 is 22.5. The van der Waals surface area contributed by atoms with Gasteiger partial charge in [0.15, 0.2) is 0 Å². The molecule has 1 aliphatic rings. The zero-order valence-electron chi connectivity index (χ0n) is 15.1. The molecule has 3 rings (SSSR count). The number of aryl methyl sites for hydroxylation is 1. The van der Waals surface area contributed by atoms with Crippen molar-refractivity contribution in [1.82, 2.24) is 9.47 Å². The van der Waals surface area contributed by atoms with Crippen LogP contribution in [0, 0.1) is 5.82 Å². The number of fused-ring (bicyclic) bond motifs is 1. The summed E-state index contributed by atoms with van der Waals surface area (Å²) in [5.74, 6) is 0.103. The summed E-state index contributed by atoms with van der Waals surface area (Å²) in [5, 5.41) is 0.648. The number of hydrogen-bond donors (Lipinski definition) is 0. The molecule has 2 heterocycles. The second-order valence-corrected chi connectivity index (χ2v) is 8.61. The molecule has 6 heteroatoms. The summed E-state index contributed by atoms with van der Waals surface area (Å²) in [6.45, 7) is 6.94. The number of halogens is 2. The van der Waals surface area contributed by atoms with E-state index < -0.39 is 5.60 Å². The largest absolute Gasteiger partial charge is 0.444 e. The lowest BCUT2D eigenvalue weighted by Crippen LogP contribution is -2.41. The van der Waals surface area contributed by atoms with E-state index in [4.69, 9.17) is 4.74 Å². The van der Waals surface area contributed by atoms with Crippen molar-refractivity contribution in [2.45, 2.75) is 45.1 Å². The van der Waals surface area contributed by atoms with Gasteiger partial charge in [-0.1, -0.05) is 15.9 Å². The molecule has 0 spiro atoms. The molecule has 0 unspecified atom stereocenters. The zero-order valence-corrected chi connectivity index (χ0v) is 16.7. The van der Waals surface area contributed by atoms with Crippen LogP contribution in [0.3, 0.4) is 0 Å². The van der Waals surface area contributed by atoms with Gasteiger partial charge in [-0.2, -0.15) is 0 Å². The SMILES string of the molecule is Cn1c(C2CCN(C(=O)OC(C)(C)C)CC2)cc2c(F)cc(Br)cc21. The summed E-state index contributed by atoms with van der Waals surface area (Å²) in [7, 11) is 1.98. The van der Waals surface area contributed by atoms with Gasteiger partial charge in [0.2, 0.25) is 0 Å². The molecular formula is C19H24BrFN2O2. The molecule has 1 aromatic heterocycles. The zero-order chi connectivity index (χ0) is 18.4. The third-order valence-corrected chi connectivity index (χ3v) is 5.14. The number of piperidine rings is 1. The third-order valence-electron chi connectivity index (χ3n) is 4.68. The summed E-state index contributed by atoms with van der Waals surface area (Å²) in [5.41, 5.74) is 1.53. The smallest absolute Gasteiger partial charge is 0.410 e. The maximum atomic E-state index is 14.2. The van der Waals surface area contributed by atoms with E-state index in [0.717, 1.165) is 28.5 Å². The number of hydrogen-bond acceptors (Lipinski definition) is 2. The van der Waals surface area contributed by atoms with Crippen LogP contribution >= 0.6 is 15.9 Å². The number of carbonyl (C=O) groups is 1. The molecule has 0 radical (unpaired) electrons. The molecule has 1 saturated heterocycles. The highest BCUT2D eigenvalue weighted by Gasteiger charge is 2.29. The van der Waals surface area contributed by atoms with Gasteiger partial charge in [-0.25, -0.2) is 9.18 Å². The fraction of sp³-hybridized carbons (Fsp3) is 0.526. The van der Waals surface area contributed by atoms with E-state index >= 15 is 0 Å². The van der Waals surface area contributed by atoms with Crippen LogP contribution in [0.1, 0.15) is 45.2 Å². The van der Waals surface area contributed by atoms with Crippen LogP contribution in [0.5, 0.6) is 0 Å². The fourth-order valence-corrected chi connectivity index (χ4v) is 3.87. The van der Waals surface area contributed by atoms with Gasteiger partial charge in [0.05, 0.1) is 5.52 Å². The van der Waals surface area contributed by atoms with Gasteiger partial charge in [-0.3, -0.25) is 0 Å². The molecule has 1 amide bonds. The van der Waals surface area contributed by atoms with Crippen LogP contribution in [0.15, 0.2) is 22.7 Å². The van der Waals surface area contributed by atoms with Gasteiger partial charge >= 0.3 is 6.09 Å². The Morgan fingerprint density at radius 3 is 2.48 bits per heavy atom. The van der Waals surface area contributed by atoms with Crippen molar-refractivity contribution in [3.05, 3.63) is 34.2 Å². The van der Waals surface area contributed by atoms with Crippen molar-refractivity contribution < 1.29 is 13.9 Å². The Kier molecular flexibility index (Phi) is 4.84. The highest BCUT2D eigenvalue weighted by atomic mass is 79.9. The molecule has 0 aliphatic carbocycles. The first-order valence-electron chi connectivity index (χ1n) is 8.58. The first-order valence-corrected chi connectivity index (χ1v) is 9.37. The normalized spacial score (nSPS) is 16.5. The molecule has 0 N–H and O–H groups in total. The Hall–Kier alpha value is -1.56. The van der Waals surface area contributed by atoms with Gasteiger partial charge in [0.1, 0.15) is 11.4 Å². The van der Waals surface area contributed by atoms with E-state index in [1.165, 1.54) is 6.07 Å². The molecule has 0 atom stereocenters. The topological polar surface area (TPSA) is 34.5 Å². The highest BCUT2D eigenvalue weighted by Crippen LogP contribution is 2.34. The minimum absolute atomic E-state index is 0.211. The van der Waals surface area contributed by atoms with Crippen molar-refractivity contribution in [2.75, 3.05) is 13.1 Å². The summed E-state index contributed by atoms with van der Waals surface area (Å²) in [4.78, 5) is 14.0. The molecule has 0 bridgehead atoms. The van der Waals surface area contributed by atoms with Crippen LogP contribution in [-0.2, 0) is 11.8 Å². The number of carbonyl (C=O) groups excluding carboxylic acids is 1. The van der Waals surface area contributed by atoms with Crippen molar-refractivity contribution in [2.24, 2.45) is 7.05 Å². The Balaban J connectivity index is 1.75. The first kappa shape index (κ1) is 18.2. The molecule has 1 fully saturated rings. The lowest BCUT2D eigenvalue weighted by molar-refractivity contribution is 0.0203. The predicted molar refractivity (Wildman–Crippen MR) is 100 cm³/mol. The quantitative estimate of drug-likeness (QED) is 0.647. The fourth-order valence-electron chi connectivity index (χ4n) is 3.45. The molecule has 2 aromatic rings. The summed E-state index contributed by atoms with van der Waals surface area (Å²) in [6, 6.07) is 5.39. The Bertz CT molecular complexity index is 802. The summed E-state index contributed by atoms with van der Waals surface area (Å²) >= 11 is 3.36. The standard InChI is InChI=1S/C19H24BrFN2O2/c1-19(2,3)25-18(24)23-7-5-12(6-8-23)16-11-14-15(21)9-13(20)10-17(14)22(16)4/h9-12H,5-8H2,1-4H3. The lowest BCUT2D eigenvalue weighted by atomic mass is 9.93. The first-order chi connectivity index (χ1) is 11.7. The number of benzene rings is 1. The van der Waals surface area contributed by atoms with Crippen molar-refractivity contribution in [1.29, 1.82) is 0 Å². The number of likely N-dealkylation sites (tertiary alicyclic amines) is 1. The highest BCUT2D eigenvalue weighted by molar-refractivity contribution is 9.10. The van der Waals surface area contributed by atoms with Gasteiger partial charge in [-0.15, -0.1) is 0 Å². The van der Waals surface area contributed by atoms with Gasteiger partial charge in [-0.05, 0) is 51.8 Å². The Morgan fingerprint density at radius 1 is 1.24 bits per heavy atom. The van der Waals surface area contributed by atoms with Crippen LogP contribution in [0.2, 0.25) is 0 Å².